The Labute approximate surface area is 127 Å². The minimum absolute atomic E-state index is 0.133. The maximum atomic E-state index is 12.8. The van der Waals surface area contributed by atoms with Gasteiger partial charge in [-0.2, -0.15) is 4.31 Å². The van der Waals surface area contributed by atoms with Crippen LogP contribution in [-0.4, -0.2) is 46.3 Å². The lowest BCUT2D eigenvalue weighted by atomic mass is 10.0. The highest BCUT2D eigenvalue weighted by molar-refractivity contribution is 7.89. The van der Waals surface area contributed by atoms with Crippen LogP contribution in [0.5, 0.6) is 0 Å². The van der Waals surface area contributed by atoms with Gasteiger partial charge in [0, 0.05) is 6.54 Å². The summed E-state index contributed by atoms with van der Waals surface area (Å²) >= 11 is 0. The van der Waals surface area contributed by atoms with Crippen molar-refractivity contribution in [2.75, 3.05) is 6.54 Å². The first-order chi connectivity index (χ1) is 10.5. The van der Waals surface area contributed by atoms with E-state index in [1.54, 1.807) is 29.7 Å². The summed E-state index contributed by atoms with van der Waals surface area (Å²) in [5.41, 5.74) is 2.98. The monoisotopic (exact) mass is 323 g/mol. The third-order valence-electron chi connectivity index (χ3n) is 3.83. The molecule has 118 valence electrons. The quantitative estimate of drug-likeness (QED) is 0.382. The topological polar surface area (TPSA) is 122 Å². The van der Waals surface area contributed by atoms with Crippen LogP contribution in [0.3, 0.4) is 0 Å². The van der Waals surface area contributed by atoms with Crippen molar-refractivity contribution >= 4 is 26.9 Å². The minimum atomic E-state index is -3.85. The lowest BCUT2D eigenvalue weighted by Gasteiger charge is -2.33. The highest BCUT2D eigenvalue weighted by atomic mass is 32.2. The molecule has 1 saturated heterocycles. The summed E-state index contributed by atoms with van der Waals surface area (Å²) in [5.74, 6) is -0.223. The summed E-state index contributed by atoms with van der Waals surface area (Å²) in [7, 11) is -3.85. The number of rotatable bonds is 3. The number of hydrogen-bond acceptors (Lipinski definition) is 5. The van der Waals surface area contributed by atoms with Crippen LogP contribution >= 0.6 is 0 Å². The van der Waals surface area contributed by atoms with E-state index in [2.05, 4.69) is 9.97 Å². The van der Waals surface area contributed by atoms with Crippen molar-refractivity contribution in [1.82, 2.24) is 19.8 Å². The molecule has 0 bridgehead atoms. The second-order valence-corrected chi connectivity index (χ2v) is 7.02. The molecule has 3 rings (SSSR count). The number of sulfonamides is 1. The first kappa shape index (κ1) is 14.9. The number of H-pyrrole nitrogens is 1. The molecule has 1 fully saturated rings. The fraction of sp³-hybridized carbons (Fsp3) is 0.385. The van der Waals surface area contributed by atoms with Crippen LogP contribution in [0.25, 0.3) is 11.0 Å². The SMILES string of the molecule is N=C(NO)C1CCCCN1S(=O)(=O)c1nc2ccccc2[nH]1. The Morgan fingerprint density at radius 3 is 2.91 bits per heavy atom. The number of para-hydroxylation sites is 2. The fourth-order valence-electron chi connectivity index (χ4n) is 2.72. The lowest BCUT2D eigenvalue weighted by molar-refractivity contribution is 0.211. The van der Waals surface area contributed by atoms with Gasteiger partial charge >= 0.3 is 0 Å². The summed E-state index contributed by atoms with van der Waals surface area (Å²) in [6, 6.07) is 6.38. The van der Waals surface area contributed by atoms with Crippen LogP contribution in [0.2, 0.25) is 0 Å². The largest absolute Gasteiger partial charge is 0.328 e. The standard InChI is InChI=1S/C13H17N5O3S/c14-12(17-19)11-7-3-4-8-18(11)22(20,21)13-15-9-5-1-2-6-10(9)16-13/h1-2,5-6,11,19H,3-4,7-8H2,(H2,14,17)(H,15,16). The van der Waals surface area contributed by atoms with Crippen molar-refractivity contribution in [2.45, 2.75) is 30.5 Å². The van der Waals surface area contributed by atoms with Gasteiger partial charge in [0.05, 0.1) is 17.1 Å². The highest BCUT2D eigenvalue weighted by Gasteiger charge is 2.37. The second kappa shape index (κ2) is 5.67. The molecule has 22 heavy (non-hydrogen) atoms. The average Bonchev–Trinajstić information content (AvgIpc) is 2.99. The van der Waals surface area contributed by atoms with E-state index in [9.17, 15) is 8.42 Å². The van der Waals surface area contributed by atoms with Gasteiger partial charge in [0.25, 0.3) is 10.0 Å². The first-order valence-corrected chi connectivity index (χ1v) is 8.43. The molecule has 0 amide bonds. The van der Waals surface area contributed by atoms with Crippen LogP contribution in [-0.2, 0) is 10.0 Å². The van der Waals surface area contributed by atoms with Crippen LogP contribution in [0, 0.1) is 5.41 Å². The number of piperidine rings is 1. The molecular weight excluding hydrogens is 306 g/mol. The normalized spacial score (nSPS) is 20.1. The van der Waals surface area contributed by atoms with Gasteiger partial charge in [-0.3, -0.25) is 16.1 Å². The van der Waals surface area contributed by atoms with E-state index < -0.39 is 16.1 Å². The Hall–Kier alpha value is -1.97. The summed E-state index contributed by atoms with van der Waals surface area (Å²) in [6.07, 6.45) is 2.02. The number of nitrogens with one attached hydrogen (secondary N) is 3. The van der Waals surface area contributed by atoms with Crippen molar-refractivity contribution in [2.24, 2.45) is 0 Å². The number of hydrogen-bond donors (Lipinski definition) is 4. The van der Waals surface area contributed by atoms with Crippen molar-refractivity contribution < 1.29 is 13.6 Å². The zero-order valence-corrected chi connectivity index (χ0v) is 12.6. The first-order valence-electron chi connectivity index (χ1n) is 6.99. The van der Waals surface area contributed by atoms with E-state index >= 15 is 0 Å². The van der Waals surface area contributed by atoms with Gasteiger partial charge in [0.1, 0.15) is 5.84 Å². The van der Waals surface area contributed by atoms with Crippen LogP contribution in [0.1, 0.15) is 19.3 Å². The molecule has 1 atom stereocenters. The molecule has 1 unspecified atom stereocenters. The molecular formula is C13H17N5O3S. The summed E-state index contributed by atoms with van der Waals surface area (Å²) in [4.78, 5) is 6.96. The molecule has 0 saturated carbocycles. The van der Waals surface area contributed by atoms with E-state index in [0.29, 0.717) is 30.4 Å². The molecule has 4 N–H and O–H groups in total. The van der Waals surface area contributed by atoms with Crippen LogP contribution < -0.4 is 5.48 Å². The maximum absolute atomic E-state index is 12.8. The molecule has 0 aliphatic carbocycles. The lowest BCUT2D eigenvalue weighted by Crippen LogP contribution is -2.51. The van der Waals surface area contributed by atoms with Gasteiger partial charge < -0.3 is 4.98 Å². The number of imidazole rings is 1. The molecule has 1 aromatic carbocycles. The summed E-state index contributed by atoms with van der Waals surface area (Å²) in [5, 5.41) is 16.5. The Morgan fingerprint density at radius 2 is 2.18 bits per heavy atom. The molecule has 0 spiro atoms. The smallest absolute Gasteiger partial charge is 0.277 e. The van der Waals surface area contributed by atoms with E-state index in [0.717, 1.165) is 6.42 Å². The maximum Gasteiger partial charge on any atom is 0.277 e. The third kappa shape index (κ3) is 2.47. The number of benzene rings is 1. The van der Waals surface area contributed by atoms with Gasteiger partial charge in [0.2, 0.25) is 5.16 Å². The number of aromatic nitrogens is 2. The van der Waals surface area contributed by atoms with Gasteiger partial charge in [-0.1, -0.05) is 18.6 Å². The number of amidine groups is 1. The number of nitrogens with zero attached hydrogens (tertiary/aromatic N) is 2. The molecule has 2 aromatic rings. The number of aromatic amines is 1. The number of hydroxylamine groups is 1. The Bertz CT molecular complexity index is 768. The van der Waals surface area contributed by atoms with Gasteiger partial charge in [-0.05, 0) is 25.0 Å². The molecule has 1 aliphatic heterocycles. The van der Waals surface area contributed by atoms with Gasteiger partial charge in [0.15, 0.2) is 0 Å². The Morgan fingerprint density at radius 1 is 1.41 bits per heavy atom. The summed E-state index contributed by atoms with van der Waals surface area (Å²) in [6.45, 7) is 0.300. The average molecular weight is 323 g/mol. The zero-order valence-electron chi connectivity index (χ0n) is 11.8. The van der Waals surface area contributed by atoms with E-state index in [-0.39, 0.29) is 11.0 Å². The summed E-state index contributed by atoms with van der Waals surface area (Å²) < 4.78 is 26.8. The molecule has 1 aromatic heterocycles. The van der Waals surface area contributed by atoms with Crippen molar-refractivity contribution in [3.8, 4) is 0 Å². The predicted octanol–water partition coefficient (Wildman–Crippen LogP) is 1.06. The van der Waals surface area contributed by atoms with Gasteiger partial charge in [-0.25, -0.2) is 13.4 Å². The van der Waals surface area contributed by atoms with Crippen molar-refractivity contribution in [3.05, 3.63) is 24.3 Å². The molecule has 0 radical (unpaired) electrons. The fourth-order valence-corrected chi connectivity index (χ4v) is 4.31. The van der Waals surface area contributed by atoms with E-state index in [1.165, 1.54) is 4.31 Å². The van der Waals surface area contributed by atoms with Crippen molar-refractivity contribution in [3.63, 3.8) is 0 Å². The molecule has 9 heteroatoms. The van der Waals surface area contributed by atoms with E-state index in [4.69, 9.17) is 10.6 Å². The van der Waals surface area contributed by atoms with Crippen molar-refractivity contribution in [1.29, 1.82) is 5.41 Å². The van der Waals surface area contributed by atoms with E-state index in [1.807, 2.05) is 0 Å². The Balaban J connectivity index is 2.01. The number of fused-ring (bicyclic) bond motifs is 1. The zero-order chi connectivity index (χ0) is 15.7. The van der Waals surface area contributed by atoms with Gasteiger partial charge in [-0.15, -0.1) is 0 Å². The molecule has 2 heterocycles. The third-order valence-corrected chi connectivity index (χ3v) is 5.56. The van der Waals surface area contributed by atoms with Crippen LogP contribution in [0.15, 0.2) is 29.4 Å². The predicted molar refractivity (Wildman–Crippen MR) is 80.3 cm³/mol. The Kier molecular flexibility index (Phi) is 3.85. The molecule has 8 nitrogen and oxygen atoms in total. The highest BCUT2D eigenvalue weighted by Crippen LogP contribution is 2.25. The second-order valence-electron chi connectivity index (χ2n) is 5.21. The van der Waals surface area contributed by atoms with Crippen LogP contribution in [0.4, 0.5) is 0 Å². The molecule has 1 aliphatic rings. The minimum Gasteiger partial charge on any atom is -0.328 e.